The quantitative estimate of drug-likeness (QED) is 0.558. The average Bonchev–Trinajstić information content (AvgIpc) is 3.15. The molecule has 140 valence electrons. The summed E-state index contributed by atoms with van der Waals surface area (Å²) in [5.41, 5.74) is 0.891. The second-order valence-electron chi connectivity index (χ2n) is 5.29. The van der Waals surface area contributed by atoms with Crippen LogP contribution >= 0.6 is 23.2 Å². The molecule has 0 aliphatic heterocycles. The van der Waals surface area contributed by atoms with Crippen molar-refractivity contribution in [3.8, 4) is 22.9 Å². The lowest BCUT2D eigenvalue weighted by Crippen LogP contribution is -2.06. The summed E-state index contributed by atoms with van der Waals surface area (Å²) in [5, 5.41) is 4.28. The van der Waals surface area contributed by atoms with Crippen molar-refractivity contribution in [1.82, 2.24) is 10.1 Å². The van der Waals surface area contributed by atoms with Crippen LogP contribution in [-0.4, -0.2) is 30.3 Å². The van der Waals surface area contributed by atoms with Crippen molar-refractivity contribution >= 4 is 29.2 Å². The van der Waals surface area contributed by atoms with Crippen LogP contribution in [0.15, 0.2) is 40.9 Å². The Morgan fingerprint density at radius 1 is 1.11 bits per heavy atom. The highest BCUT2D eigenvalue weighted by molar-refractivity contribution is 6.37. The topological polar surface area (TPSA) is 83.7 Å². The maximum Gasteiger partial charge on any atom is 0.338 e. The van der Waals surface area contributed by atoms with E-state index in [4.69, 9.17) is 41.9 Å². The molecule has 0 saturated carbocycles. The highest BCUT2D eigenvalue weighted by Gasteiger charge is 2.16. The molecule has 1 aromatic heterocycles. The Balaban J connectivity index is 1.69. The number of nitrogens with zero attached hydrogens (tertiary/aromatic N) is 2. The number of esters is 1. The fourth-order valence-electron chi connectivity index (χ4n) is 2.28. The normalized spacial score (nSPS) is 10.5. The Morgan fingerprint density at radius 3 is 2.52 bits per heavy atom. The number of rotatable bonds is 6. The first kappa shape index (κ1) is 19.0. The van der Waals surface area contributed by atoms with E-state index in [2.05, 4.69) is 10.1 Å². The van der Waals surface area contributed by atoms with Gasteiger partial charge in [-0.05, 0) is 24.3 Å². The number of halogens is 2. The molecule has 0 radical (unpaired) electrons. The number of carbonyl (C=O) groups is 1. The predicted octanol–water partition coefficient (Wildman–Crippen LogP) is 4.42. The van der Waals surface area contributed by atoms with Crippen LogP contribution in [-0.2, 0) is 11.3 Å². The fraction of sp³-hybridized carbons (Fsp3) is 0.167. The zero-order valence-corrected chi connectivity index (χ0v) is 15.9. The number of carbonyl (C=O) groups excluding carboxylic acids is 1. The number of methoxy groups -OCH3 is 2. The lowest BCUT2D eigenvalue weighted by atomic mass is 10.2. The molecule has 2 aromatic carbocycles. The smallest absolute Gasteiger partial charge is 0.338 e. The monoisotopic (exact) mass is 408 g/mol. The third-order valence-electron chi connectivity index (χ3n) is 3.56. The molecule has 0 bridgehead atoms. The van der Waals surface area contributed by atoms with E-state index in [0.29, 0.717) is 17.1 Å². The van der Waals surface area contributed by atoms with Gasteiger partial charge in [0.25, 0.3) is 5.89 Å². The third kappa shape index (κ3) is 4.32. The average molecular weight is 409 g/mol. The summed E-state index contributed by atoms with van der Waals surface area (Å²) in [6.45, 7) is -0.197. The van der Waals surface area contributed by atoms with Crippen molar-refractivity contribution < 1.29 is 23.5 Å². The molecule has 0 N–H and O–H groups in total. The van der Waals surface area contributed by atoms with Gasteiger partial charge < -0.3 is 18.7 Å². The number of benzene rings is 2. The molecule has 0 atom stereocenters. The highest BCUT2D eigenvalue weighted by Crippen LogP contribution is 2.34. The first-order valence-corrected chi connectivity index (χ1v) is 8.44. The van der Waals surface area contributed by atoms with Gasteiger partial charge in [0.1, 0.15) is 5.75 Å². The molecule has 0 aliphatic carbocycles. The van der Waals surface area contributed by atoms with Crippen LogP contribution in [0.5, 0.6) is 11.5 Å². The van der Waals surface area contributed by atoms with Crippen molar-refractivity contribution in [2.75, 3.05) is 14.2 Å². The number of hydrogen-bond acceptors (Lipinski definition) is 7. The Hall–Kier alpha value is -2.77. The van der Waals surface area contributed by atoms with Gasteiger partial charge >= 0.3 is 5.97 Å². The summed E-state index contributed by atoms with van der Waals surface area (Å²) in [6.07, 6.45) is 0. The second kappa shape index (κ2) is 8.28. The predicted molar refractivity (Wildman–Crippen MR) is 98.4 cm³/mol. The van der Waals surface area contributed by atoms with Gasteiger partial charge in [0.2, 0.25) is 5.82 Å². The molecule has 0 unspecified atom stereocenters. The Bertz CT molecular complexity index is 951. The summed E-state index contributed by atoms with van der Waals surface area (Å²) in [4.78, 5) is 16.4. The fourth-order valence-corrected chi connectivity index (χ4v) is 2.92. The van der Waals surface area contributed by atoms with E-state index < -0.39 is 5.97 Å². The molecule has 27 heavy (non-hydrogen) atoms. The van der Waals surface area contributed by atoms with Crippen LogP contribution in [0.25, 0.3) is 11.4 Å². The summed E-state index contributed by atoms with van der Waals surface area (Å²) < 4.78 is 20.5. The summed E-state index contributed by atoms with van der Waals surface area (Å²) >= 11 is 12.0. The molecular formula is C18H14Cl2N2O5. The SMILES string of the molecule is COc1cccc(-c2noc(COC(=O)c3cc(Cl)c(OC)c(Cl)c3)n2)c1. The third-order valence-corrected chi connectivity index (χ3v) is 4.12. The van der Waals surface area contributed by atoms with Gasteiger partial charge in [0.15, 0.2) is 12.4 Å². The zero-order chi connectivity index (χ0) is 19.4. The van der Waals surface area contributed by atoms with E-state index in [1.165, 1.54) is 19.2 Å². The summed E-state index contributed by atoms with van der Waals surface area (Å²) in [6, 6.07) is 10.00. The Labute approximate surface area is 164 Å². The maximum atomic E-state index is 12.2. The molecule has 3 rings (SSSR count). The molecule has 3 aromatic rings. The molecule has 0 aliphatic rings. The van der Waals surface area contributed by atoms with Crippen LogP contribution in [0, 0.1) is 0 Å². The van der Waals surface area contributed by atoms with Gasteiger partial charge in [-0.2, -0.15) is 4.98 Å². The second-order valence-corrected chi connectivity index (χ2v) is 6.11. The highest BCUT2D eigenvalue weighted by atomic mass is 35.5. The first-order valence-electron chi connectivity index (χ1n) is 7.69. The molecule has 0 fully saturated rings. The molecular weight excluding hydrogens is 395 g/mol. The van der Waals surface area contributed by atoms with Crippen molar-refractivity contribution in [3.63, 3.8) is 0 Å². The Morgan fingerprint density at radius 2 is 1.85 bits per heavy atom. The van der Waals surface area contributed by atoms with Crippen molar-refractivity contribution in [3.05, 3.63) is 57.9 Å². The first-order chi connectivity index (χ1) is 13.0. The molecule has 9 heteroatoms. The number of aromatic nitrogens is 2. The van der Waals surface area contributed by atoms with Gasteiger partial charge in [0, 0.05) is 5.56 Å². The van der Waals surface area contributed by atoms with E-state index >= 15 is 0 Å². The molecule has 0 spiro atoms. The van der Waals surface area contributed by atoms with Gasteiger partial charge in [-0.1, -0.05) is 40.5 Å². The van der Waals surface area contributed by atoms with Gasteiger partial charge in [0.05, 0.1) is 29.8 Å². The number of hydrogen-bond donors (Lipinski definition) is 0. The van der Waals surface area contributed by atoms with Gasteiger partial charge in [-0.15, -0.1) is 0 Å². The molecule has 0 saturated heterocycles. The van der Waals surface area contributed by atoms with E-state index in [9.17, 15) is 4.79 Å². The van der Waals surface area contributed by atoms with E-state index in [1.807, 2.05) is 6.07 Å². The zero-order valence-electron chi connectivity index (χ0n) is 14.4. The molecule has 0 amide bonds. The van der Waals surface area contributed by atoms with Crippen molar-refractivity contribution in [2.24, 2.45) is 0 Å². The minimum absolute atomic E-state index is 0.145. The largest absolute Gasteiger partial charge is 0.497 e. The van der Waals surface area contributed by atoms with Crippen molar-refractivity contribution in [2.45, 2.75) is 6.61 Å². The van der Waals surface area contributed by atoms with Gasteiger partial charge in [-0.25, -0.2) is 4.79 Å². The lowest BCUT2D eigenvalue weighted by Gasteiger charge is -2.08. The maximum absolute atomic E-state index is 12.2. The van der Waals surface area contributed by atoms with Crippen molar-refractivity contribution in [1.29, 1.82) is 0 Å². The van der Waals surface area contributed by atoms with Crippen LogP contribution in [0.4, 0.5) is 0 Å². The van der Waals surface area contributed by atoms with Gasteiger partial charge in [-0.3, -0.25) is 0 Å². The minimum Gasteiger partial charge on any atom is -0.497 e. The lowest BCUT2D eigenvalue weighted by molar-refractivity contribution is 0.0430. The Kier molecular flexibility index (Phi) is 5.83. The molecule has 7 nitrogen and oxygen atoms in total. The van der Waals surface area contributed by atoms with E-state index in [-0.39, 0.29) is 33.9 Å². The standard InChI is InChI=1S/C18H14Cl2N2O5/c1-24-12-5-3-4-10(6-12)17-21-15(27-22-17)9-26-18(23)11-7-13(19)16(25-2)14(20)8-11/h3-8H,9H2,1-2H3. The minimum atomic E-state index is -0.636. The van der Waals surface area contributed by atoms with Crippen LogP contribution in [0.1, 0.15) is 16.2 Å². The van der Waals surface area contributed by atoms with Crippen LogP contribution in [0.3, 0.4) is 0 Å². The van der Waals surface area contributed by atoms with Crippen LogP contribution < -0.4 is 9.47 Å². The summed E-state index contributed by atoms with van der Waals surface area (Å²) in [5.74, 6) is 0.818. The summed E-state index contributed by atoms with van der Waals surface area (Å²) in [7, 11) is 3.00. The van der Waals surface area contributed by atoms with E-state index in [1.54, 1.807) is 25.3 Å². The van der Waals surface area contributed by atoms with Crippen LogP contribution in [0.2, 0.25) is 10.0 Å². The molecule has 1 heterocycles. The number of ether oxygens (including phenoxy) is 3. The van der Waals surface area contributed by atoms with E-state index in [0.717, 1.165) is 0 Å².